The molecule has 1 aromatic rings. The van der Waals surface area contributed by atoms with Gasteiger partial charge in [0.05, 0.1) is 18.8 Å². The molecule has 0 amide bonds. The first-order chi connectivity index (χ1) is 11.7. The van der Waals surface area contributed by atoms with Crippen LogP contribution < -0.4 is 4.72 Å². The van der Waals surface area contributed by atoms with Crippen molar-refractivity contribution in [3.8, 4) is 0 Å². The van der Waals surface area contributed by atoms with E-state index in [2.05, 4.69) is 4.72 Å². The van der Waals surface area contributed by atoms with Crippen LogP contribution in [0.2, 0.25) is 0 Å². The van der Waals surface area contributed by atoms with E-state index < -0.39 is 58.4 Å². The highest BCUT2D eigenvalue weighted by Crippen LogP contribution is 2.49. The number of benzene rings is 1. The maximum Gasteiger partial charge on any atom is 0.419 e. The second-order valence-electron chi connectivity index (χ2n) is 7.66. The molecule has 1 aliphatic heterocycles. The highest BCUT2D eigenvalue weighted by molar-refractivity contribution is 7.90. The molecule has 9 heteroatoms. The van der Waals surface area contributed by atoms with Crippen LogP contribution in [0.25, 0.3) is 0 Å². The molecular weight excluding hydrogens is 374 g/mol. The smallest absolute Gasteiger partial charge is 0.419 e. The Labute approximate surface area is 153 Å². The van der Waals surface area contributed by atoms with Crippen LogP contribution in [0, 0.1) is 11.7 Å². The molecule has 0 radical (unpaired) electrons. The number of halogens is 4. The first-order valence-corrected chi connectivity index (χ1v) is 9.20. The molecule has 0 bridgehead atoms. The molecule has 1 aliphatic rings. The number of rotatable bonds is 4. The van der Waals surface area contributed by atoms with Gasteiger partial charge in [0.25, 0.3) is 0 Å². The summed E-state index contributed by atoms with van der Waals surface area (Å²) < 4.78 is 74.7. The summed E-state index contributed by atoms with van der Waals surface area (Å²) in [6.07, 6.45) is -4.99. The van der Waals surface area contributed by atoms with Crippen molar-refractivity contribution in [1.82, 2.24) is 4.72 Å². The van der Waals surface area contributed by atoms with Crippen molar-refractivity contribution >= 4 is 11.4 Å². The Bertz CT molecular complexity index is 652. The molecule has 1 aromatic carbocycles. The molecule has 2 N–H and O–H groups in total. The molecule has 0 spiro atoms. The van der Waals surface area contributed by atoms with Gasteiger partial charge in [-0.3, -0.25) is 0 Å². The van der Waals surface area contributed by atoms with Gasteiger partial charge in [-0.05, 0) is 33.8 Å². The predicted octanol–water partition coefficient (Wildman–Crippen LogP) is 3.03. The highest BCUT2D eigenvalue weighted by atomic mass is 32.2. The van der Waals surface area contributed by atoms with E-state index in [1.807, 2.05) is 0 Å². The van der Waals surface area contributed by atoms with Gasteiger partial charge in [0.1, 0.15) is 10.6 Å². The molecule has 0 aromatic heterocycles. The zero-order valence-electron chi connectivity index (χ0n) is 15.0. The van der Waals surface area contributed by atoms with E-state index in [1.165, 1.54) is 25.1 Å². The maximum atomic E-state index is 14.5. The third-order valence-corrected chi connectivity index (χ3v) is 6.39. The summed E-state index contributed by atoms with van der Waals surface area (Å²) in [5.41, 5.74) is -5.10. The summed E-state index contributed by atoms with van der Waals surface area (Å²) in [5, 5.41) is 10.4. The van der Waals surface area contributed by atoms with E-state index in [9.17, 15) is 27.2 Å². The Hall–Kier alpha value is -0.870. The van der Waals surface area contributed by atoms with Crippen molar-refractivity contribution in [1.29, 1.82) is 0 Å². The van der Waals surface area contributed by atoms with Crippen LogP contribution in [0.4, 0.5) is 17.6 Å². The zero-order valence-corrected chi connectivity index (χ0v) is 15.8. The monoisotopic (exact) mass is 397 g/mol. The van der Waals surface area contributed by atoms with E-state index >= 15 is 0 Å². The zero-order chi connectivity index (χ0) is 20.0. The average molecular weight is 397 g/mol. The fraction of sp³-hybridized carbons (Fsp3) is 0.647. The Balaban J connectivity index is 2.60. The summed E-state index contributed by atoms with van der Waals surface area (Å²) in [6.45, 7) is 4.80. The fourth-order valence-electron chi connectivity index (χ4n) is 3.04. The van der Waals surface area contributed by atoms with E-state index in [0.717, 1.165) is 6.07 Å². The molecule has 26 heavy (non-hydrogen) atoms. The van der Waals surface area contributed by atoms with Gasteiger partial charge < -0.3 is 14.4 Å². The van der Waals surface area contributed by atoms with E-state index in [1.54, 1.807) is 20.8 Å². The van der Waals surface area contributed by atoms with Crippen LogP contribution in [0.15, 0.2) is 24.3 Å². The second kappa shape index (κ2) is 6.94. The molecule has 4 nitrogen and oxygen atoms in total. The van der Waals surface area contributed by atoms with Gasteiger partial charge >= 0.3 is 6.18 Å². The molecule has 4 atom stereocenters. The van der Waals surface area contributed by atoms with Crippen LogP contribution in [0.3, 0.4) is 0 Å². The van der Waals surface area contributed by atoms with Crippen molar-refractivity contribution < 1.29 is 32.0 Å². The Morgan fingerprint density at radius 1 is 1.23 bits per heavy atom. The Kier molecular flexibility index (Phi) is 5.72. The third-order valence-electron chi connectivity index (χ3n) is 4.67. The average Bonchev–Trinajstić information content (AvgIpc) is 2.90. The number of alkyl halides is 3. The number of nitrogens with one attached hydrogen (secondary N) is 1. The van der Waals surface area contributed by atoms with Gasteiger partial charge in [-0.2, -0.15) is 13.2 Å². The second-order valence-corrected chi connectivity index (χ2v) is 9.62. The first-order valence-electron chi connectivity index (χ1n) is 8.05. The van der Waals surface area contributed by atoms with E-state index in [-0.39, 0.29) is 5.56 Å². The van der Waals surface area contributed by atoms with E-state index in [0.29, 0.717) is 0 Å². The Morgan fingerprint density at radius 2 is 1.81 bits per heavy atom. The van der Waals surface area contributed by atoms with Crippen molar-refractivity contribution in [3.05, 3.63) is 35.6 Å². The van der Waals surface area contributed by atoms with Crippen LogP contribution >= 0.6 is 0 Å². The normalized spacial score (nSPS) is 28.0. The van der Waals surface area contributed by atoms with Crippen LogP contribution in [0.5, 0.6) is 0 Å². The third kappa shape index (κ3) is 3.73. The lowest BCUT2D eigenvalue weighted by atomic mass is 9.72. The first kappa shape index (κ1) is 21.4. The van der Waals surface area contributed by atoms with Gasteiger partial charge in [0.15, 0.2) is 5.60 Å². The predicted molar refractivity (Wildman–Crippen MR) is 90.1 cm³/mol. The molecule has 0 aliphatic carbocycles. The van der Waals surface area contributed by atoms with Gasteiger partial charge in [0.2, 0.25) is 0 Å². The summed E-state index contributed by atoms with van der Waals surface area (Å²) in [4.78, 5) is 0. The quantitative estimate of drug-likeness (QED) is 0.606. The molecule has 0 unspecified atom stereocenters. The summed E-state index contributed by atoms with van der Waals surface area (Å²) in [7, 11) is 0. The molecule has 1 fully saturated rings. The molecule has 148 valence electrons. The van der Waals surface area contributed by atoms with Crippen molar-refractivity contribution in [2.24, 2.45) is 5.92 Å². The maximum absolute atomic E-state index is 14.5. The summed E-state index contributed by atoms with van der Waals surface area (Å²) in [5.74, 6) is -2.36. The SMILES string of the molecule is CC(C)(C)[S@@+]([O-])N[C@](C)(c1ccccc1F)[C@H]1COC[C@]1(O)C(F)(F)F. The van der Waals surface area contributed by atoms with Crippen LogP contribution in [0.1, 0.15) is 33.3 Å². The number of hydrogen-bond acceptors (Lipinski definition) is 4. The largest absolute Gasteiger partial charge is 0.598 e. The minimum absolute atomic E-state index is 0.115. The van der Waals surface area contributed by atoms with E-state index in [4.69, 9.17) is 4.74 Å². The van der Waals surface area contributed by atoms with Crippen molar-refractivity contribution in [2.45, 2.75) is 49.8 Å². The van der Waals surface area contributed by atoms with Gasteiger partial charge in [-0.1, -0.05) is 18.2 Å². The van der Waals surface area contributed by atoms with Crippen LogP contribution in [-0.2, 0) is 21.6 Å². The minimum atomic E-state index is -4.99. The molecule has 1 saturated heterocycles. The molecule has 1 heterocycles. The van der Waals surface area contributed by atoms with Gasteiger partial charge in [0, 0.05) is 22.8 Å². The Morgan fingerprint density at radius 3 is 2.31 bits per heavy atom. The molecule has 2 rings (SSSR count). The van der Waals surface area contributed by atoms with Crippen molar-refractivity contribution in [3.63, 3.8) is 0 Å². The lowest BCUT2D eigenvalue weighted by molar-refractivity contribution is -0.276. The summed E-state index contributed by atoms with van der Waals surface area (Å²) >= 11 is -1.82. The lowest BCUT2D eigenvalue weighted by Crippen LogP contribution is -2.63. The standard InChI is InChI=1S/C17H23F4NO3S/c1-14(2,3)26(24)22-15(4,11-7-5-6-8-12(11)18)13-9-25-10-16(13,23)17(19,20)21/h5-8,13,22-23H,9-10H2,1-4H3/t13-,15-,16-,26-/m1/s1. The fourth-order valence-corrected chi connectivity index (χ4v) is 3.98. The lowest BCUT2D eigenvalue weighted by Gasteiger charge is -2.43. The number of hydrogen-bond donors (Lipinski definition) is 2. The van der Waals surface area contributed by atoms with Gasteiger partial charge in [-0.15, -0.1) is 4.72 Å². The summed E-state index contributed by atoms with van der Waals surface area (Å²) in [6, 6.07) is 5.30. The topological polar surface area (TPSA) is 64.5 Å². The number of aliphatic hydroxyl groups is 1. The highest BCUT2D eigenvalue weighted by Gasteiger charge is 2.67. The molecule has 0 saturated carbocycles. The van der Waals surface area contributed by atoms with Crippen LogP contribution in [-0.4, -0.2) is 39.4 Å². The minimum Gasteiger partial charge on any atom is -0.598 e. The number of ether oxygens (including phenoxy) is 1. The van der Waals surface area contributed by atoms with Crippen molar-refractivity contribution in [2.75, 3.05) is 13.2 Å². The molecular formula is C17H23F4NO3S. The van der Waals surface area contributed by atoms with Gasteiger partial charge in [-0.25, -0.2) is 4.39 Å².